The molecule has 0 radical (unpaired) electrons. The molecule has 0 N–H and O–H groups in total. The van der Waals surface area contributed by atoms with Gasteiger partial charge in [-0.2, -0.15) is 9.37 Å². The van der Waals surface area contributed by atoms with Gasteiger partial charge < -0.3 is 4.74 Å². The van der Waals surface area contributed by atoms with Gasteiger partial charge in [0.05, 0.1) is 13.3 Å². The number of halogens is 1. The number of aromatic nitrogens is 2. The van der Waals surface area contributed by atoms with E-state index in [0.717, 1.165) is 24.8 Å². The van der Waals surface area contributed by atoms with Crippen molar-refractivity contribution in [3.05, 3.63) is 41.8 Å². The lowest BCUT2D eigenvalue weighted by atomic mass is 10.0. The molecule has 1 fully saturated rings. The van der Waals surface area contributed by atoms with Gasteiger partial charge in [-0.25, -0.2) is 4.98 Å². The molecule has 1 atom stereocenters. The molecule has 2 aromatic rings. The van der Waals surface area contributed by atoms with E-state index in [9.17, 15) is 4.39 Å². The first-order valence-electron chi connectivity index (χ1n) is 7.60. The van der Waals surface area contributed by atoms with Crippen LogP contribution in [0.3, 0.4) is 0 Å². The summed E-state index contributed by atoms with van der Waals surface area (Å²) in [5.74, 6) is -0.0930. The third kappa shape index (κ3) is 2.95. The number of rotatable bonds is 4. The Morgan fingerprint density at radius 1 is 1.27 bits per heavy atom. The molecule has 4 nitrogen and oxygen atoms in total. The largest absolute Gasteiger partial charge is 0.479 e. The van der Waals surface area contributed by atoms with Crippen molar-refractivity contribution in [2.45, 2.75) is 25.8 Å². The minimum Gasteiger partial charge on any atom is -0.479 e. The van der Waals surface area contributed by atoms with Crippen molar-refractivity contribution in [3.8, 4) is 17.3 Å². The van der Waals surface area contributed by atoms with Gasteiger partial charge in [0.2, 0.25) is 5.82 Å². The Hall–Kier alpha value is -2.01. The highest BCUT2D eigenvalue weighted by Gasteiger charge is 2.20. The second-order valence-electron chi connectivity index (χ2n) is 5.60. The fraction of sp³-hybridized carbons (Fsp3) is 0.412. The van der Waals surface area contributed by atoms with E-state index in [0.29, 0.717) is 11.9 Å². The van der Waals surface area contributed by atoms with Crippen molar-refractivity contribution < 1.29 is 9.13 Å². The Balaban J connectivity index is 1.90. The van der Waals surface area contributed by atoms with Gasteiger partial charge in [0.25, 0.3) is 5.88 Å². The van der Waals surface area contributed by atoms with Gasteiger partial charge in [-0.3, -0.25) is 4.90 Å². The van der Waals surface area contributed by atoms with Gasteiger partial charge in [0, 0.05) is 11.6 Å². The molecule has 116 valence electrons. The van der Waals surface area contributed by atoms with Crippen molar-refractivity contribution in [2.24, 2.45) is 0 Å². The molecule has 2 heterocycles. The molecule has 0 saturated carbocycles. The van der Waals surface area contributed by atoms with E-state index in [1.54, 1.807) is 0 Å². The molecule has 0 spiro atoms. The van der Waals surface area contributed by atoms with E-state index in [4.69, 9.17) is 4.74 Å². The molecule has 5 heteroatoms. The van der Waals surface area contributed by atoms with Crippen molar-refractivity contribution >= 4 is 0 Å². The second kappa shape index (κ2) is 6.40. The standard InChI is InChI=1S/C17H20FN3O/c1-12(21-8-3-4-9-21)13-6-5-7-14(10-13)16-19-11-15(18)17(20-16)22-2/h5-7,10-12H,3-4,8-9H2,1-2H3/t12-/m1/s1. The summed E-state index contributed by atoms with van der Waals surface area (Å²) in [6.45, 7) is 4.51. The van der Waals surface area contributed by atoms with Gasteiger partial charge in [0.1, 0.15) is 0 Å². The van der Waals surface area contributed by atoms with E-state index < -0.39 is 5.82 Å². The average Bonchev–Trinajstić information content (AvgIpc) is 3.09. The Morgan fingerprint density at radius 2 is 2.05 bits per heavy atom. The number of ether oxygens (including phenoxy) is 1. The van der Waals surface area contributed by atoms with Crippen LogP contribution in [-0.4, -0.2) is 35.1 Å². The van der Waals surface area contributed by atoms with Crippen LogP contribution >= 0.6 is 0 Å². The smallest absolute Gasteiger partial charge is 0.253 e. The van der Waals surface area contributed by atoms with Crippen LogP contribution in [0.15, 0.2) is 30.5 Å². The van der Waals surface area contributed by atoms with E-state index in [1.807, 2.05) is 12.1 Å². The Morgan fingerprint density at radius 3 is 2.77 bits per heavy atom. The first-order chi connectivity index (χ1) is 10.7. The lowest BCUT2D eigenvalue weighted by Gasteiger charge is -2.24. The van der Waals surface area contributed by atoms with E-state index >= 15 is 0 Å². The minimum atomic E-state index is -0.548. The minimum absolute atomic E-state index is 0.0250. The number of nitrogens with zero attached hydrogens (tertiary/aromatic N) is 3. The maximum absolute atomic E-state index is 13.4. The van der Waals surface area contributed by atoms with Crippen molar-refractivity contribution in [1.29, 1.82) is 0 Å². The molecule has 0 bridgehead atoms. The normalized spacial score (nSPS) is 16.7. The summed E-state index contributed by atoms with van der Waals surface area (Å²) < 4.78 is 18.4. The van der Waals surface area contributed by atoms with E-state index in [2.05, 4.69) is 33.9 Å². The van der Waals surface area contributed by atoms with Crippen LogP contribution in [0.4, 0.5) is 4.39 Å². The van der Waals surface area contributed by atoms with Crippen LogP contribution in [0.2, 0.25) is 0 Å². The highest BCUT2D eigenvalue weighted by molar-refractivity contribution is 5.56. The quantitative estimate of drug-likeness (QED) is 0.867. The number of benzene rings is 1. The highest BCUT2D eigenvalue weighted by Crippen LogP contribution is 2.28. The van der Waals surface area contributed by atoms with Crippen LogP contribution in [0.1, 0.15) is 31.4 Å². The molecular weight excluding hydrogens is 281 g/mol. The fourth-order valence-corrected chi connectivity index (χ4v) is 2.91. The Kier molecular flexibility index (Phi) is 4.34. The molecule has 1 aliphatic rings. The zero-order valence-corrected chi connectivity index (χ0v) is 12.9. The highest BCUT2D eigenvalue weighted by atomic mass is 19.1. The number of hydrogen-bond donors (Lipinski definition) is 0. The van der Waals surface area contributed by atoms with Gasteiger partial charge >= 0.3 is 0 Å². The van der Waals surface area contributed by atoms with Crippen molar-refractivity contribution in [2.75, 3.05) is 20.2 Å². The summed E-state index contributed by atoms with van der Waals surface area (Å²) in [6.07, 6.45) is 3.68. The topological polar surface area (TPSA) is 38.2 Å². The number of methoxy groups -OCH3 is 1. The van der Waals surface area contributed by atoms with Gasteiger partial charge in [-0.15, -0.1) is 0 Å². The van der Waals surface area contributed by atoms with Crippen LogP contribution in [0.25, 0.3) is 11.4 Å². The Bertz CT molecular complexity index is 656. The van der Waals surface area contributed by atoms with Crippen LogP contribution < -0.4 is 4.74 Å². The monoisotopic (exact) mass is 301 g/mol. The average molecular weight is 301 g/mol. The SMILES string of the molecule is COc1nc(-c2cccc([C@@H](C)N3CCCC3)c2)ncc1F. The maximum atomic E-state index is 13.4. The summed E-state index contributed by atoms with van der Waals surface area (Å²) in [5, 5.41) is 0. The summed E-state index contributed by atoms with van der Waals surface area (Å²) in [7, 11) is 1.40. The zero-order valence-electron chi connectivity index (χ0n) is 12.9. The summed E-state index contributed by atoms with van der Waals surface area (Å²) in [5.41, 5.74) is 2.10. The van der Waals surface area contributed by atoms with Crippen molar-refractivity contribution in [1.82, 2.24) is 14.9 Å². The summed E-state index contributed by atoms with van der Waals surface area (Å²) >= 11 is 0. The maximum Gasteiger partial charge on any atom is 0.253 e. The predicted octanol–water partition coefficient (Wildman–Crippen LogP) is 3.45. The van der Waals surface area contributed by atoms with Crippen LogP contribution in [-0.2, 0) is 0 Å². The van der Waals surface area contributed by atoms with Gasteiger partial charge in [-0.05, 0) is 44.5 Å². The lowest BCUT2D eigenvalue weighted by Crippen LogP contribution is -2.23. The summed E-state index contributed by atoms with van der Waals surface area (Å²) in [4.78, 5) is 10.7. The first-order valence-corrected chi connectivity index (χ1v) is 7.60. The number of likely N-dealkylation sites (tertiary alicyclic amines) is 1. The fourth-order valence-electron chi connectivity index (χ4n) is 2.91. The van der Waals surface area contributed by atoms with E-state index in [1.165, 1.54) is 25.5 Å². The third-order valence-electron chi connectivity index (χ3n) is 4.22. The molecule has 1 saturated heterocycles. The molecule has 1 aromatic carbocycles. The Labute approximate surface area is 130 Å². The van der Waals surface area contributed by atoms with Crippen LogP contribution in [0, 0.1) is 5.82 Å². The predicted molar refractivity (Wildman–Crippen MR) is 83.2 cm³/mol. The second-order valence-corrected chi connectivity index (χ2v) is 5.60. The van der Waals surface area contributed by atoms with E-state index in [-0.39, 0.29) is 5.88 Å². The number of hydrogen-bond acceptors (Lipinski definition) is 4. The molecule has 1 aliphatic heterocycles. The van der Waals surface area contributed by atoms with Crippen molar-refractivity contribution in [3.63, 3.8) is 0 Å². The first kappa shape index (κ1) is 14.9. The molecule has 1 aromatic heterocycles. The van der Waals surface area contributed by atoms with Gasteiger partial charge in [-0.1, -0.05) is 18.2 Å². The lowest BCUT2D eigenvalue weighted by molar-refractivity contribution is 0.263. The molecule has 0 aliphatic carbocycles. The summed E-state index contributed by atoms with van der Waals surface area (Å²) in [6, 6.07) is 8.50. The molecule has 22 heavy (non-hydrogen) atoms. The third-order valence-corrected chi connectivity index (χ3v) is 4.22. The molecule has 0 unspecified atom stereocenters. The zero-order chi connectivity index (χ0) is 15.5. The van der Waals surface area contributed by atoms with Gasteiger partial charge in [0.15, 0.2) is 5.82 Å². The van der Waals surface area contributed by atoms with Crippen LogP contribution in [0.5, 0.6) is 5.88 Å². The molecule has 3 rings (SSSR count). The molecule has 0 amide bonds. The molecular formula is C17H20FN3O.